The van der Waals surface area contributed by atoms with Crippen LogP contribution in [0.3, 0.4) is 0 Å². The molecule has 0 aliphatic heterocycles. The fraction of sp³-hybridized carbons (Fsp3) is 0.467. The Bertz CT molecular complexity index is 552. The van der Waals surface area contributed by atoms with Crippen molar-refractivity contribution in [3.63, 3.8) is 0 Å². The lowest BCUT2D eigenvalue weighted by atomic mass is 9.87. The summed E-state index contributed by atoms with van der Waals surface area (Å²) < 4.78 is 1.71. The lowest BCUT2D eigenvalue weighted by Gasteiger charge is -2.20. The van der Waals surface area contributed by atoms with Gasteiger partial charge in [0.05, 0.1) is 11.0 Å². The number of carbonyl (C=O) groups is 1. The van der Waals surface area contributed by atoms with Crippen LogP contribution in [0.1, 0.15) is 43.3 Å². The molecule has 1 aromatic heterocycles. The summed E-state index contributed by atoms with van der Waals surface area (Å²) in [6.07, 6.45) is 8.64. The maximum atomic E-state index is 12.3. The van der Waals surface area contributed by atoms with Crippen molar-refractivity contribution in [1.29, 1.82) is 0 Å². The predicted molar refractivity (Wildman–Crippen MR) is 71.6 cm³/mol. The Morgan fingerprint density at radius 2 is 2.00 bits per heavy atom. The second kappa shape index (κ2) is 4.92. The van der Waals surface area contributed by atoms with Crippen LogP contribution in [0.2, 0.25) is 0 Å². The Labute approximate surface area is 107 Å². The van der Waals surface area contributed by atoms with E-state index in [1.54, 1.807) is 10.9 Å². The van der Waals surface area contributed by atoms with Crippen molar-refractivity contribution in [3.8, 4) is 0 Å². The second-order valence-corrected chi connectivity index (χ2v) is 5.21. The lowest BCUT2D eigenvalue weighted by Crippen LogP contribution is -2.16. The first-order valence-electron chi connectivity index (χ1n) is 6.80. The topological polar surface area (TPSA) is 34.9 Å². The zero-order chi connectivity index (χ0) is 12.4. The van der Waals surface area contributed by atoms with Gasteiger partial charge in [-0.3, -0.25) is 9.36 Å². The monoisotopic (exact) mass is 242 g/mol. The minimum absolute atomic E-state index is 0.190. The molecule has 0 N–H and O–H groups in total. The highest BCUT2D eigenvalue weighted by Crippen LogP contribution is 2.27. The fourth-order valence-electron chi connectivity index (χ4n) is 2.89. The molecule has 1 aliphatic rings. The van der Waals surface area contributed by atoms with Gasteiger partial charge in [0, 0.05) is 6.42 Å². The van der Waals surface area contributed by atoms with Crippen LogP contribution < -0.4 is 0 Å². The molecule has 0 bridgehead atoms. The third-order valence-corrected chi connectivity index (χ3v) is 3.91. The Kier molecular flexibility index (Phi) is 3.13. The molecular formula is C15H18N2O. The molecule has 1 fully saturated rings. The van der Waals surface area contributed by atoms with Crippen molar-refractivity contribution in [2.75, 3.05) is 0 Å². The minimum atomic E-state index is 0.190. The zero-order valence-electron chi connectivity index (χ0n) is 10.5. The van der Waals surface area contributed by atoms with Crippen LogP contribution in [0.25, 0.3) is 11.0 Å². The molecule has 0 amide bonds. The van der Waals surface area contributed by atoms with Gasteiger partial charge in [-0.25, -0.2) is 4.98 Å². The van der Waals surface area contributed by atoms with Gasteiger partial charge in [0.2, 0.25) is 5.91 Å². The van der Waals surface area contributed by atoms with E-state index in [1.165, 1.54) is 32.1 Å². The van der Waals surface area contributed by atoms with E-state index in [4.69, 9.17) is 0 Å². The Balaban J connectivity index is 1.79. The molecular weight excluding hydrogens is 224 g/mol. The Morgan fingerprint density at radius 1 is 1.22 bits per heavy atom. The highest BCUT2D eigenvalue weighted by atomic mass is 16.2. The van der Waals surface area contributed by atoms with E-state index < -0.39 is 0 Å². The van der Waals surface area contributed by atoms with E-state index in [0.717, 1.165) is 11.0 Å². The summed E-state index contributed by atoms with van der Waals surface area (Å²) in [4.78, 5) is 16.6. The Morgan fingerprint density at radius 3 is 2.83 bits per heavy atom. The van der Waals surface area contributed by atoms with Crippen molar-refractivity contribution in [1.82, 2.24) is 9.55 Å². The van der Waals surface area contributed by atoms with E-state index in [2.05, 4.69) is 4.98 Å². The summed E-state index contributed by atoms with van der Waals surface area (Å²) in [6.45, 7) is 0. The molecule has 0 unspecified atom stereocenters. The van der Waals surface area contributed by atoms with E-state index in [0.29, 0.717) is 12.3 Å². The average molecular weight is 242 g/mol. The van der Waals surface area contributed by atoms with Crippen molar-refractivity contribution in [2.24, 2.45) is 5.92 Å². The van der Waals surface area contributed by atoms with Crippen LogP contribution in [0.15, 0.2) is 30.6 Å². The van der Waals surface area contributed by atoms with Gasteiger partial charge in [-0.1, -0.05) is 31.4 Å². The summed E-state index contributed by atoms with van der Waals surface area (Å²) in [5.74, 6) is 0.767. The maximum Gasteiger partial charge on any atom is 0.232 e. The molecule has 3 rings (SSSR count). The van der Waals surface area contributed by atoms with Crippen LogP contribution in [0.5, 0.6) is 0 Å². The molecule has 1 heterocycles. The largest absolute Gasteiger partial charge is 0.274 e. The summed E-state index contributed by atoms with van der Waals surface area (Å²) >= 11 is 0. The molecule has 2 aromatic rings. The van der Waals surface area contributed by atoms with Gasteiger partial charge in [0.15, 0.2) is 0 Å². The molecule has 0 radical (unpaired) electrons. The quantitative estimate of drug-likeness (QED) is 0.805. The second-order valence-electron chi connectivity index (χ2n) is 5.21. The predicted octanol–water partition coefficient (Wildman–Crippen LogP) is 3.65. The molecule has 0 atom stereocenters. The molecule has 94 valence electrons. The van der Waals surface area contributed by atoms with Gasteiger partial charge in [0.25, 0.3) is 0 Å². The van der Waals surface area contributed by atoms with Crippen molar-refractivity contribution in [2.45, 2.75) is 38.5 Å². The molecule has 1 saturated carbocycles. The number of nitrogens with zero attached hydrogens (tertiary/aromatic N) is 2. The number of hydrogen-bond donors (Lipinski definition) is 0. The van der Waals surface area contributed by atoms with Gasteiger partial charge in [-0.2, -0.15) is 0 Å². The summed E-state index contributed by atoms with van der Waals surface area (Å²) in [5.41, 5.74) is 1.83. The van der Waals surface area contributed by atoms with Crippen molar-refractivity contribution < 1.29 is 4.79 Å². The van der Waals surface area contributed by atoms with Gasteiger partial charge < -0.3 is 0 Å². The third kappa shape index (κ3) is 2.17. The normalized spacial score (nSPS) is 17.1. The average Bonchev–Trinajstić information content (AvgIpc) is 2.84. The van der Waals surface area contributed by atoms with Crippen molar-refractivity contribution in [3.05, 3.63) is 30.6 Å². The number of carbonyl (C=O) groups excluding carboxylic acids is 1. The first-order chi connectivity index (χ1) is 8.84. The Hall–Kier alpha value is -1.64. The number of rotatable bonds is 2. The van der Waals surface area contributed by atoms with Crippen LogP contribution in [-0.4, -0.2) is 15.5 Å². The van der Waals surface area contributed by atoms with E-state index in [1.807, 2.05) is 24.3 Å². The van der Waals surface area contributed by atoms with E-state index >= 15 is 0 Å². The zero-order valence-corrected chi connectivity index (χ0v) is 10.5. The molecule has 0 saturated heterocycles. The molecule has 18 heavy (non-hydrogen) atoms. The smallest absolute Gasteiger partial charge is 0.232 e. The molecule has 3 nitrogen and oxygen atoms in total. The number of para-hydroxylation sites is 2. The van der Waals surface area contributed by atoms with Crippen LogP contribution in [0, 0.1) is 5.92 Å². The van der Waals surface area contributed by atoms with Crippen LogP contribution in [-0.2, 0) is 0 Å². The molecule has 1 aromatic carbocycles. The van der Waals surface area contributed by atoms with E-state index in [-0.39, 0.29) is 5.91 Å². The maximum absolute atomic E-state index is 12.3. The van der Waals surface area contributed by atoms with Crippen LogP contribution in [0.4, 0.5) is 0 Å². The number of fused-ring (bicyclic) bond motifs is 1. The highest BCUT2D eigenvalue weighted by Gasteiger charge is 2.18. The van der Waals surface area contributed by atoms with Gasteiger partial charge in [-0.05, 0) is 30.9 Å². The summed E-state index contributed by atoms with van der Waals surface area (Å²) in [5, 5.41) is 0. The summed E-state index contributed by atoms with van der Waals surface area (Å²) in [7, 11) is 0. The van der Waals surface area contributed by atoms with E-state index in [9.17, 15) is 4.79 Å². The standard InChI is InChI=1S/C15H18N2O/c18-15(10-12-6-2-1-3-7-12)17-11-16-13-8-4-5-9-14(13)17/h4-5,8-9,11-12H,1-3,6-7,10H2. The van der Waals surface area contributed by atoms with Gasteiger partial charge in [-0.15, -0.1) is 0 Å². The first-order valence-corrected chi connectivity index (χ1v) is 6.80. The lowest BCUT2D eigenvalue weighted by molar-refractivity contribution is 0.0873. The number of imidazole rings is 1. The molecule has 0 spiro atoms. The summed E-state index contributed by atoms with van der Waals surface area (Å²) in [6, 6.07) is 7.81. The number of hydrogen-bond acceptors (Lipinski definition) is 2. The van der Waals surface area contributed by atoms with Crippen LogP contribution >= 0.6 is 0 Å². The molecule has 3 heteroatoms. The first kappa shape index (κ1) is 11.5. The van der Waals surface area contributed by atoms with Crippen molar-refractivity contribution >= 4 is 16.9 Å². The SMILES string of the molecule is O=C(CC1CCCCC1)n1cnc2ccccc21. The van der Waals surface area contributed by atoms with Gasteiger partial charge >= 0.3 is 0 Å². The molecule has 1 aliphatic carbocycles. The van der Waals surface area contributed by atoms with Gasteiger partial charge in [0.1, 0.15) is 6.33 Å². The fourth-order valence-corrected chi connectivity index (χ4v) is 2.89. The highest BCUT2D eigenvalue weighted by molar-refractivity contribution is 5.90. The number of aromatic nitrogens is 2. The number of benzene rings is 1. The minimum Gasteiger partial charge on any atom is -0.274 e. The third-order valence-electron chi connectivity index (χ3n) is 3.91.